The monoisotopic (exact) mass is 277 g/mol. The number of hydrogen-bond acceptors (Lipinski definition) is 2. The van der Waals surface area contributed by atoms with E-state index in [1.165, 1.54) is 0 Å². The molecule has 0 radical (unpaired) electrons. The van der Waals surface area contributed by atoms with Gasteiger partial charge < -0.3 is 10.8 Å². The lowest BCUT2D eigenvalue weighted by Crippen LogP contribution is -2.41. The Hall–Kier alpha value is -1.35. The van der Waals surface area contributed by atoms with Gasteiger partial charge in [0.05, 0.1) is 5.60 Å². The summed E-state index contributed by atoms with van der Waals surface area (Å²) in [4.78, 5) is 0. The van der Waals surface area contributed by atoms with Crippen molar-refractivity contribution in [3.8, 4) is 0 Å². The molecule has 2 rings (SSSR count). The molecule has 1 atom stereocenters. The predicted molar refractivity (Wildman–Crippen MR) is 81.7 cm³/mol. The van der Waals surface area contributed by atoms with Crippen LogP contribution < -0.4 is 5.73 Å². The predicted octanol–water partition coefficient (Wildman–Crippen LogP) is 2.95. The maximum atomic E-state index is 10.6. The molecule has 0 heterocycles. The minimum absolute atomic E-state index is 0. The summed E-state index contributed by atoms with van der Waals surface area (Å²) in [5, 5.41) is 10.6. The van der Waals surface area contributed by atoms with E-state index in [4.69, 9.17) is 5.73 Å². The standard InChI is InChI=1S/C16H19NO.ClH/c1-16(18,12-17)15(13-8-4-2-5-9-13)14-10-6-3-7-11-14;/h2-11,15,18H,12,17H2,1H3;1H. The summed E-state index contributed by atoms with van der Waals surface area (Å²) in [5.74, 6) is -0.107. The Morgan fingerprint density at radius 3 is 1.63 bits per heavy atom. The summed E-state index contributed by atoms with van der Waals surface area (Å²) in [5.41, 5.74) is 6.94. The third-order valence-corrected chi connectivity index (χ3v) is 3.30. The molecule has 3 N–H and O–H groups in total. The zero-order chi connectivity index (χ0) is 13.0. The molecule has 0 bridgehead atoms. The lowest BCUT2D eigenvalue weighted by atomic mass is 9.78. The van der Waals surface area contributed by atoms with E-state index < -0.39 is 5.60 Å². The van der Waals surface area contributed by atoms with E-state index in [0.29, 0.717) is 0 Å². The van der Waals surface area contributed by atoms with Gasteiger partial charge in [-0.3, -0.25) is 0 Å². The van der Waals surface area contributed by atoms with Gasteiger partial charge in [-0.15, -0.1) is 12.4 Å². The van der Waals surface area contributed by atoms with Crippen molar-refractivity contribution in [2.45, 2.75) is 18.4 Å². The van der Waals surface area contributed by atoms with Crippen molar-refractivity contribution < 1.29 is 5.11 Å². The molecule has 3 heteroatoms. The fourth-order valence-corrected chi connectivity index (χ4v) is 2.32. The van der Waals surface area contributed by atoms with Crippen LogP contribution in [0.3, 0.4) is 0 Å². The lowest BCUT2D eigenvalue weighted by molar-refractivity contribution is 0.0519. The first-order valence-electron chi connectivity index (χ1n) is 6.17. The number of hydrogen-bond donors (Lipinski definition) is 2. The Bertz CT molecular complexity index is 445. The van der Waals surface area contributed by atoms with Crippen molar-refractivity contribution in [3.63, 3.8) is 0 Å². The van der Waals surface area contributed by atoms with Gasteiger partial charge in [0.1, 0.15) is 0 Å². The third kappa shape index (κ3) is 3.57. The summed E-state index contributed by atoms with van der Waals surface area (Å²) in [6.07, 6.45) is 0. The summed E-state index contributed by atoms with van der Waals surface area (Å²) < 4.78 is 0. The van der Waals surface area contributed by atoms with E-state index in [9.17, 15) is 5.11 Å². The number of halogens is 1. The smallest absolute Gasteiger partial charge is 0.0849 e. The molecule has 2 nitrogen and oxygen atoms in total. The highest BCUT2D eigenvalue weighted by Gasteiger charge is 2.32. The van der Waals surface area contributed by atoms with Gasteiger partial charge >= 0.3 is 0 Å². The lowest BCUT2D eigenvalue weighted by Gasteiger charge is -2.32. The molecule has 2 aromatic carbocycles. The fraction of sp³-hybridized carbons (Fsp3) is 0.250. The fourth-order valence-electron chi connectivity index (χ4n) is 2.32. The van der Waals surface area contributed by atoms with Crippen LogP contribution in [-0.4, -0.2) is 17.3 Å². The Morgan fingerprint density at radius 2 is 1.32 bits per heavy atom. The Balaban J connectivity index is 0.00000180. The topological polar surface area (TPSA) is 46.2 Å². The SMILES string of the molecule is CC(O)(CN)C(c1ccccc1)c1ccccc1.Cl. The van der Waals surface area contributed by atoms with E-state index in [-0.39, 0.29) is 24.9 Å². The van der Waals surface area contributed by atoms with Crippen molar-refractivity contribution in [1.29, 1.82) is 0 Å². The van der Waals surface area contributed by atoms with E-state index in [1.54, 1.807) is 6.92 Å². The van der Waals surface area contributed by atoms with E-state index in [0.717, 1.165) is 11.1 Å². The average Bonchev–Trinajstić information content (AvgIpc) is 2.41. The van der Waals surface area contributed by atoms with Gasteiger partial charge in [-0.2, -0.15) is 0 Å². The van der Waals surface area contributed by atoms with Gasteiger partial charge in [0.2, 0.25) is 0 Å². The second-order valence-electron chi connectivity index (χ2n) is 4.82. The van der Waals surface area contributed by atoms with Gasteiger partial charge in [-0.05, 0) is 18.1 Å². The summed E-state index contributed by atoms with van der Waals surface area (Å²) in [6, 6.07) is 20.0. The zero-order valence-electron chi connectivity index (χ0n) is 11.0. The summed E-state index contributed by atoms with van der Waals surface area (Å²) in [6.45, 7) is 2.01. The number of benzene rings is 2. The second kappa shape index (κ2) is 6.71. The van der Waals surface area contributed by atoms with Crippen molar-refractivity contribution >= 4 is 12.4 Å². The quantitative estimate of drug-likeness (QED) is 0.903. The van der Waals surface area contributed by atoms with Crippen LogP contribution in [0.4, 0.5) is 0 Å². The van der Waals surface area contributed by atoms with Crippen LogP contribution >= 0.6 is 12.4 Å². The van der Waals surface area contributed by atoms with Crippen LogP contribution in [0.15, 0.2) is 60.7 Å². The van der Waals surface area contributed by atoms with E-state index in [2.05, 4.69) is 0 Å². The number of aliphatic hydroxyl groups is 1. The molecule has 1 unspecified atom stereocenters. The van der Waals surface area contributed by atoms with E-state index >= 15 is 0 Å². The molecule has 0 aromatic heterocycles. The van der Waals surface area contributed by atoms with Crippen LogP contribution in [0.1, 0.15) is 24.0 Å². The Kier molecular flexibility index (Phi) is 5.55. The van der Waals surface area contributed by atoms with Crippen LogP contribution in [0.5, 0.6) is 0 Å². The van der Waals surface area contributed by atoms with Crippen LogP contribution in [0, 0.1) is 0 Å². The number of rotatable bonds is 4. The highest BCUT2D eigenvalue weighted by molar-refractivity contribution is 5.85. The molecule has 2 aromatic rings. The molecule has 0 fully saturated rings. The normalized spacial score (nSPS) is 13.7. The molecule has 0 aliphatic carbocycles. The molecule has 0 saturated carbocycles. The van der Waals surface area contributed by atoms with Gasteiger partial charge in [-0.1, -0.05) is 60.7 Å². The first kappa shape index (κ1) is 15.7. The molecular weight excluding hydrogens is 258 g/mol. The third-order valence-electron chi connectivity index (χ3n) is 3.30. The van der Waals surface area contributed by atoms with Gasteiger partial charge in [0, 0.05) is 12.5 Å². The van der Waals surface area contributed by atoms with Crippen LogP contribution in [0.25, 0.3) is 0 Å². The van der Waals surface area contributed by atoms with Crippen molar-refractivity contribution in [1.82, 2.24) is 0 Å². The average molecular weight is 278 g/mol. The first-order valence-corrected chi connectivity index (χ1v) is 6.17. The Labute approximate surface area is 120 Å². The van der Waals surface area contributed by atoms with Gasteiger partial charge in [0.15, 0.2) is 0 Å². The van der Waals surface area contributed by atoms with Crippen molar-refractivity contribution in [2.75, 3.05) is 6.54 Å². The molecule has 0 aliphatic rings. The van der Waals surface area contributed by atoms with Crippen molar-refractivity contribution in [3.05, 3.63) is 71.8 Å². The highest BCUT2D eigenvalue weighted by Crippen LogP contribution is 2.34. The molecule has 19 heavy (non-hydrogen) atoms. The van der Waals surface area contributed by atoms with Crippen LogP contribution in [0.2, 0.25) is 0 Å². The maximum Gasteiger partial charge on any atom is 0.0849 e. The van der Waals surface area contributed by atoms with Crippen molar-refractivity contribution in [2.24, 2.45) is 5.73 Å². The minimum atomic E-state index is -0.956. The molecule has 0 amide bonds. The zero-order valence-corrected chi connectivity index (χ0v) is 11.8. The molecular formula is C16H20ClNO. The second-order valence-corrected chi connectivity index (χ2v) is 4.82. The molecule has 0 spiro atoms. The minimum Gasteiger partial charge on any atom is -0.388 e. The van der Waals surface area contributed by atoms with Gasteiger partial charge in [0.25, 0.3) is 0 Å². The molecule has 102 valence electrons. The van der Waals surface area contributed by atoms with Crippen LogP contribution in [-0.2, 0) is 0 Å². The van der Waals surface area contributed by atoms with E-state index in [1.807, 2.05) is 60.7 Å². The molecule has 0 saturated heterocycles. The Morgan fingerprint density at radius 1 is 0.947 bits per heavy atom. The largest absolute Gasteiger partial charge is 0.388 e. The maximum absolute atomic E-state index is 10.6. The summed E-state index contributed by atoms with van der Waals surface area (Å²) in [7, 11) is 0. The molecule has 0 aliphatic heterocycles. The first-order chi connectivity index (χ1) is 8.65. The number of nitrogens with two attached hydrogens (primary N) is 1. The van der Waals surface area contributed by atoms with Gasteiger partial charge in [-0.25, -0.2) is 0 Å². The summed E-state index contributed by atoms with van der Waals surface area (Å²) >= 11 is 0. The highest BCUT2D eigenvalue weighted by atomic mass is 35.5.